The zero-order chi connectivity index (χ0) is 23.7. The second-order valence-electron chi connectivity index (χ2n) is 10.7. The number of nitrogens with one attached hydrogen (secondary N) is 1. The summed E-state index contributed by atoms with van der Waals surface area (Å²) in [5, 5.41) is 4.07. The standard InChI is InChI=1S/C28H39N3O3.H2/c1-20(2)12-18-34-24-11-10-21(19-25(24)33-3)27(32)30-16-13-28(14-17-30)26-9-6-15-31(26)23-8-5-4-7-22(23)29-28;/h6,9-11,15,19-20,22-23,29H,4-5,7-8,12-14,16-18H2,1-3H3;1H/t22?,23-;/m1./s1. The molecule has 5 rings (SSSR count). The molecule has 1 saturated carbocycles. The zero-order valence-corrected chi connectivity index (χ0v) is 20.9. The fraction of sp³-hybridized carbons (Fsp3) is 0.607. The number of rotatable bonds is 6. The van der Waals surface area contributed by atoms with Gasteiger partial charge in [-0.1, -0.05) is 26.7 Å². The summed E-state index contributed by atoms with van der Waals surface area (Å²) in [6, 6.07) is 11.2. The fourth-order valence-corrected chi connectivity index (χ4v) is 6.13. The highest BCUT2D eigenvalue weighted by molar-refractivity contribution is 5.95. The van der Waals surface area contributed by atoms with Crippen molar-refractivity contribution in [3.05, 3.63) is 47.8 Å². The smallest absolute Gasteiger partial charge is 0.253 e. The number of amides is 1. The van der Waals surface area contributed by atoms with E-state index in [1.807, 2.05) is 23.1 Å². The Kier molecular flexibility index (Phi) is 6.61. The predicted octanol–water partition coefficient (Wildman–Crippen LogP) is 5.39. The molecule has 2 aliphatic heterocycles. The Bertz CT molecular complexity index is 1010. The van der Waals surface area contributed by atoms with E-state index in [2.05, 4.69) is 42.1 Å². The molecule has 34 heavy (non-hydrogen) atoms. The average molecular weight is 468 g/mol. The lowest BCUT2D eigenvalue weighted by Crippen LogP contribution is -2.61. The van der Waals surface area contributed by atoms with Gasteiger partial charge in [0.25, 0.3) is 5.91 Å². The van der Waals surface area contributed by atoms with Crippen LogP contribution in [-0.4, -0.2) is 48.2 Å². The summed E-state index contributed by atoms with van der Waals surface area (Å²) in [6.45, 7) is 6.51. The normalized spacial score (nSPS) is 23.5. The molecule has 1 saturated heterocycles. The highest BCUT2D eigenvalue weighted by Crippen LogP contribution is 2.44. The van der Waals surface area contributed by atoms with Crippen LogP contribution in [0.1, 0.15) is 82.3 Å². The maximum atomic E-state index is 13.4. The number of piperidine rings is 1. The summed E-state index contributed by atoms with van der Waals surface area (Å²) >= 11 is 0. The average Bonchev–Trinajstić information content (AvgIpc) is 3.36. The van der Waals surface area contributed by atoms with Crippen molar-refractivity contribution in [3.63, 3.8) is 0 Å². The molecule has 2 aromatic rings. The minimum absolute atomic E-state index is 0. The van der Waals surface area contributed by atoms with E-state index in [1.54, 1.807) is 7.11 Å². The van der Waals surface area contributed by atoms with Crippen LogP contribution in [0, 0.1) is 5.92 Å². The van der Waals surface area contributed by atoms with Crippen LogP contribution in [0.15, 0.2) is 36.5 Å². The number of hydrogen-bond acceptors (Lipinski definition) is 4. The molecule has 6 heteroatoms. The van der Waals surface area contributed by atoms with E-state index in [4.69, 9.17) is 9.47 Å². The molecule has 1 unspecified atom stereocenters. The first-order valence-electron chi connectivity index (χ1n) is 13.1. The van der Waals surface area contributed by atoms with E-state index in [-0.39, 0.29) is 12.9 Å². The molecular weight excluding hydrogens is 426 g/mol. The topological polar surface area (TPSA) is 55.7 Å². The van der Waals surface area contributed by atoms with Crippen LogP contribution in [0.5, 0.6) is 11.5 Å². The molecule has 186 valence electrons. The first kappa shape index (κ1) is 23.3. The first-order chi connectivity index (χ1) is 16.5. The Hall–Kier alpha value is -2.47. The molecule has 0 radical (unpaired) electrons. The lowest BCUT2D eigenvalue weighted by atomic mass is 9.77. The number of likely N-dealkylation sites (tertiary alicyclic amines) is 1. The van der Waals surface area contributed by atoms with Crippen molar-refractivity contribution < 1.29 is 15.7 Å². The van der Waals surface area contributed by atoms with E-state index in [9.17, 15) is 4.79 Å². The van der Waals surface area contributed by atoms with Gasteiger partial charge >= 0.3 is 0 Å². The second kappa shape index (κ2) is 9.65. The second-order valence-corrected chi connectivity index (χ2v) is 10.7. The minimum atomic E-state index is -0.0232. The van der Waals surface area contributed by atoms with Gasteiger partial charge in [0.05, 0.1) is 19.3 Å². The van der Waals surface area contributed by atoms with Crippen molar-refractivity contribution in [1.29, 1.82) is 0 Å². The van der Waals surface area contributed by atoms with Crippen LogP contribution in [-0.2, 0) is 5.54 Å². The van der Waals surface area contributed by atoms with Gasteiger partial charge in [0, 0.05) is 44.1 Å². The van der Waals surface area contributed by atoms with Gasteiger partial charge in [-0.2, -0.15) is 0 Å². The van der Waals surface area contributed by atoms with Gasteiger partial charge in [-0.05, 0) is 68.4 Å². The number of aromatic nitrogens is 1. The summed E-state index contributed by atoms with van der Waals surface area (Å²) in [5.41, 5.74) is 2.05. The third-order valence-electron chi connectivity index (χ3n) is 8.09. The number of hydrogen-bond donors (Lipinski definition) is 1. The van der Waals surface area contributed by atoms with Gasteiger partial charge < -0.3 is 24.3 Å². The van der Waals surface area contributed by atoms with Crippen molar-refractivity contribution in [2.24, 2.45) is 5.92 Å². The molecule has 3 aliphatic rings. The third-order valence-corrected chi connectivity index (χ3v) is 8.09. The zero-order valence-electron chi connectivity index (χ0n) is 20.9. The van der Waals surface area contributed by atoms with E-state index >= 15 is 0 Å². The third kappa shape index (κ3) is 4.33. The van der Waals surface area contributed by atoms with Crippen LogP contribution in [0.2, 0.25) is 0 Å². The summed E-state index contributed by atoms with van der Waals surface area (Å²) < 4.78 is 14.0. The maximum absolute atomic E-state index is 13.4. The summed E-state index contributed by atoms with van der Waals surface area (Å²) in [5.74, 6) is 1.98. The molecule has 1 aromatic heterocycles. The van der Waals surface area contributed by atoms with Crippen molar-refractivity contribution in [2.75, 3.05) is 26.8 Å². The van der Waals surface area contributed by atoms with E-state index in [1.165, 1.54) is 31.4 Å². The van der Waals surface area contributed by atoms with Crippen LogP contribution in [0.4, 0.5) is 0 Å². The monoisotopic (exact) mass is 467 g/mol. The number of benzene rings is 1. The molecule has 6 nitrogen and oxygen atoms in total. The summed E-state index contributed by atoms with van der Waals surface area (Å²) in [6.07, 6.45) is 10.3. The van der Waals surface area contributed by atoms with Crippen LogP contribution in [0.3, 0.4) is 0 Å². The Morgan fingerprint density at radius 1 is 1.18 bits per heavy atom. The number of carbonyl (C=O) groups is 1. The number of nitrogens with zero attached hydrogens (tertiary/aromatic N) is 2. The van der Waals surface area contributed by atoms with Gasteiger partial charge in [0.1, 0.15) is 0 Å². The van der Waals surface area contributed by atoms with Gasteiger partial charge in [-0.25, -0.2) is 0 Å². The van der Waals surface area contributed by atoms with Crippen molar-refractivity contribution in [2.45, 2.75) is 76.4 Å². The Morgan fingerprint density at radius 3 is 2.74 bits per heavy atom. The fourth-order valence-electron chi connectivity index (χ4n) is 6.13. The number of ether oxygens (including phenoxy) is 2. The molecule has 0 bridgehead atoms. The molecular formula is C28H41N3O3. The lowest BCUT2D eigenvalue weighted by molar-refractivity contribution is 0.0512. The van der Waals surface area contributed by atoms with Crippen LogP contribution < -0.4 is 14.8 Å². The lowest BCUT2D eigenvalue weighted by Gasteiger charge is -2.52. The molecule has 3 heterocycles. The molecule has 1 spiro atoms. The Labute approximate surface area is 205 Å². The maximum Gasteiger partial charge on any atom is 0.253 e. The molecule has 1 aliphatic carbocycles. The number of carbonyl (C=O) groups excluding carboxylic acids is 1. The van der Waals surface area contributed by atoms with Crippen molar-refractivity contribution >= 4 is 5.91 Å². The van der Waals surface area contributed by atoms with Crippen molar-refractivity contribution in [1.82, 2.24) is 14.8 Å². The summed E-state index contributed by atoms with van der Waals surface area (Å²) in [7, 11) is 1.63. The molecule has 1 N–H and O–H groups in total. The highest BCUT2D eigenvalue weighted by atomic mass is 16.5. The Balaban J connectivity index is 0.00000289. The number of methoxy groups -OCH3 is 1. The van der Waals surface area contributed by atoms with Gasteiger partial charge in [-0.3, -0.25) is 4.79 Å². The minimum Gasteiger partial charge on any atom is -0.493 e. The van der Waals surface area contributed by atoms with Crippen molar-refractivity contribution in [3.8, 4) is 11.5 Å². The van der Waals surface area contributed by atoms with Gasteiger partial charge in [-0.15, -0.1) is 0 Å². The SMILES string of the molecule is COc1cc(C(=O)N2CCC3(CC2)NC2CCCC[C@H]2n2cccc23)ccc1OCCC(C)C.[HH]. The van der Waals surface area contributed by atoms with Crippen LogP contribution in [0.25, 0.3) is 0 Å². The molecule has 1 aromatic carbocycles. The molecule has 2 fully saturated rings. The van der Waals surface area contributed by atoms with Gasteiger partial charge in [0.15, 0.2) is 11.5 Å². The van der Waals surface area contributed by atoms with Crippen LogP contribution >= 0.6 is 0 Å². The van der Waals surface area contributed by atoms with E-state index in [0.29, 0.717) is 41.7 Å². The molecule has 1 amide bonds. The quantitative estimate of drug-likeness (QED) is 0.619. The van der Waals surface area contributed by atoms with E-state index in [0.717, 1.165) is 32.4 Å². The number of fused-ring (bicyclic) bond motifs is 4. The van der Waals surface area contributed by atoms with E-state index < -0.39 is 0 Å². The highest BCUT2D eigenvalue weighted by Gasteiger charge is 2.46. The largest absolute Gasteiger partial charge is 0.493 e. The molecule has 2 atom stereocenters. The Morgan fingerprint density at radius 2 is 1.97 bits per heavy atom. The predicted molar refractivity (Wildman–Crippen MR) is 136 cm³/mol. The summed E-state index contributed by atoms with van der Waals surface area (Å²) in [4.78, 5) is 15.4. The first-order valence-corrected chi connectivity index (χ1v) is 13.1. The van der Waals surface area contributed by atoms with Gasteiger partial charge in [0.2, 0.25) is 0 Å².